The monoisotopic (exact) mass is 413 g/mol. The van der Waals surface area contributed by atoms with Gasteiger partial charge in [0.1, 0.15) is 10.6 Å². The molecule has 0 saturated heterocycles. The van der Waals surface area contributed by atoms with Crippen molar-refractivity contribution in [3.63, 3.8) is 0 Å². The lowest BCUT2D eigenvalue weighted by atomic mass is 10.1. The highest BCUT2D eigenvalue weighted by Crippen LogP contribution is 2.25. The number of thiophene rings is 1. The van der Waals surface area contributed by atoms with Crippen LogP contribution in [0.25, 0.3) is 10.2 Å². The number of nitrogens with one attached hydrogen (secondary N) is 1. The van der Waals surface area contributed by atoms with Crippen molar-refractivity contribution in [2.24, 2.45) is 0 Å². The lowest BCUT2D eigenvalue weighted by molar-refractivity contribution is -0.122. The molecule has 0 spiro atoms. The Kier molecular flexibility index (Phi) is 6.37. The van der Waals surface area contributed by atoms with Crippen molar-refractivity contribution in [3.8, 4) is 5.75 Å². The highest BCUT2D eigenvalue weighted by atomic mass is 32.1. The second-order valence-corrected chi connectivity index (χ2v) is 8.69. The van der Waals surface area contributed by atoms with Crippen molar-refractivity contribution in [2.75, 3.05) is 0 Å². The molecule has 3 aromatic rings. The second-order valence-electron chi connectivity index (χ2n) is 7.48. The standard InChI is InChI=1S/C22H27N3O3S/c1-13(2)28-18-8-6-7-17(11-18)15(4)24-19(26)9-10-25-12-23-21-20(22(25)27)14(3)16(5)29-21/h6-8,11-13,15H,9-10H2,1-5H3,(H,24,26). The maximum atomic E-state index is 12.7. The van der Waals surface area contributed by atoms with Gasteiger partial charge in [0.05, 0.1) is 23.9 Å². The summed E-state index contributed by atoms with van der Waals surface area (Å²) in [5.41, 5.74) is 1.86. The fourth-order valence-corrected chi connectivity index (χ4v) is 4.17. The number of benzene rings is 1. The van der Waals surface area contributed by atoms with Crippen LogP contribution in [0.4, 0.5) is 0 Å². The van der Waals surface area contributed by atoms with Crippen LogP contribution in [0, 0.1) is 13.8 Å². The minimum atomic E-state index is -0.155. The Morgan fingerprint density at radius 2 is 2.03 bits per heavy atom. The van der Waals surface area contributed by atoms with Gasteiger partial charge in [-0.2, -0.15) is 0 Å². The zero-order chi connectivity index (χ0) is 21.1. The number of aryl methyl sites for hydroxylation is 3. The average Bonchev–Trinajstić information content (AvgIpc) is 2.95. The van der Waals surface area contributed by atoms with Gasteiger partial charge in [0.2, 0.25) is 5.91 Å². The number of aromatic nitrogens is 2. The smallest absolute Gasteiger partial charge is 0.262 e. The fourth-order valence-electron chi connectivity index (χ4n) is 3.18. The molecule has 0 fully saturated rings. The molecule has 0 bridgehead atoms. The van der Waals surface area contributed by atoms with Crippen LogP contribution in [0.2, 0.25) is 0 Å². The third kappa shape index (κ3) is 4.85. The SMILES string of the molecule is Cc1sc2ncn(CCC(=O)NC(C)c3cccc(OC(C)C)c3)c(=O)c2c1C. The molecule has 154 valence electrons. The molecule has 2 heterocycles. The topological polar surface area (TPSA) is 73.2 Å². The number of hydrogen-bond donors (Lipinski definition) is 1. The number of ether oxygens (including phenoxy) is 1. The Hall–Kier alpha value is -2.67. The zero-order valence-electron chi connectivity index (χ0n) is 17.5. The number of carbonyl (C=O) groups excluding carboxylic acids is 1. The third-order valence-electron chi connectivity index (χ3n) is 4.84. The molecular weight excluding hydrogens is 386 g/mol. The third-order valence-corrected chi connectivity index (χ3v) is 5.96. The first-order valence-electron chi connectivity index (χ1n) is 9.77. The van der Waals surface area contributed by atoms with Gasteiger partial charge in [0.25, 0.3) is 5.56 Å². The predicted octanol–water partition coefficient (Wildman–Crippen LogP) is 4.13. The average molecular weight is 414 g/mol. The molecule has 1 amide bonds. The van der Waals surface area contributed by atoms with Crippen molar-refractivity contribution < 1.29 is 9.53 Å². The van der Waals surface area contributed by atoms with E-state index in [-0.39, 0.29) is 30.0 Å². The van der Waals surface area contributed by atoms with Gasteiger partial charge < -0.3 is 10.1 Å². The van der Waals surface area contributed by atoms with Gasteiger partial charge in [-0.3, -0.25) is 14.2 Å². The summed E-state index contributed by atoms with van der Waals surface area (Å²) in [6.45, 7) is 10.1. The molecule has 29 heavy (non-hydrogen) atoms. The number of amides is 1. The van der Waals surface area contributed by atoms with Gasteiger partial charge in [-0.25, -0.2) is 4.98 Å². The highest BCUT2D eigenvalue weighted by Gasteiger charge is 2.14. The summed E-state index contributed by atoms with van der Waals surface area (Å²) in [5, 5.41) is 3.65. The van der Waals surface area contributed by atoms with Crippen molar-refractivity contribution in [2.45, 2.75) is 59.7 Å². The highest BCUT2D eigenvalue weighted by molar-refractivity contribution is 7.18. The van der Waals surface area contributed by atoms with Gasteiger partial charge in [0, 0.05) is 17.8 Å². The molecule has 1 unspecified atom stereocenters. The number of nitrogens with zero attached hydrogens (tertiary/aromatic N) is 2. The van der Waals surface area contributed by atoms with E-state index in [0.717, 1.165) is 26.6 Å². The first-order chi connectivity index (χ1) is 13.8. The van der Waals surface area contributed by atoms with Crippen molar-refractivity contribution in [3.05, 3.63) is 57.0 Å². The number of carbonyl (C=O) groups is 1. The van der Waals surface area contributed by atoms with Gasteiger partial charge in [-0.05, 0) is 57.9 Å². The molecule has 0 radical (unpaired) electrons. The van der Waals surface area contributed by atoms with E-state index in [9.17, 15) is 9.59 Å². The van der Waals surface area contributed by atoms with Crippen LogP contribution in [-0.4, -0.2) is 21.6 Å². The van der Waals surface area contributed by atoms with Gasteiger partial charge in [-0.15, -0.1) is 11.3 Å². The molecule has 1 N–H and O–H groups in total. The summed E-state index contributed by atoms with van der Waals surface area (Å²) >= 11 is 1.52. The Morgan fingerprint density at radius 1 is 1.28 bits per heavy atom. The molecule has 3 rings (SSSR count). The number of hydrogen-bond acceptors (Lipinski definition) is 5. The first-order valence-corrected chi connectivity index (χ1v) is 10.6. The molecular formula is C22H27N3O3S. The number of fused-ring (bicyclic) bond motifs is 1. The molecule has 1 aromatic carbocycles. The Morgan fingerprint density at radius 3 is 2.76 bits per heavy atom. The van der Waals surface area contributed by atoms with Gasteiger partial charge in [-0.1, -0.05) is 12.1 Å². The van der Waals surface area contributed by atoms with Crippen LogP contribution in [-0.2, 0) is 11.3 Å². The summed E-state index contributed by atoms with van der Waals surface area (Å²) in [6, 6.07) is 7.57. The second kappa shape index (κ2) is 8.78. The lowest BCUT2D eigenvalue weighted by Gasteiger charge is -2.17. The van der Waals surface area contributed by atoms with Gasteiger partial charge in [0.15, 0.2) is 0 Å². The normalized spacial score (nSPS) is 12.3. The van der Waals surface area contributed by atoms with E-state index >= 15 is 0 Å². The van der Waals surface area contributed by atoms with E-state index in [1.54, 1.807) is 0 Å². The Labute approximate surface area is 174 Å². The quantitative estimate of drug-likeness (QED) is 0.632. The van der Waals surface area contributed by atoms with Crippen LogP contribution < -0.4 is 15.6 Å². The predicted molar refractivity (Wildman–Crippen MR) is 117 cm³/mol. The van der Waals surface area contributed by atoms with Crippen LogP contribution >= 0.6 is 11.3 Å². The first kappa shape index (κ1) is 21.0. The van der Waals surface area contributed by atoms with Crippen LogP contribution in [0.5, 0.6) is 5.75 Å². The molecule has 0 saturated carbocycles. The number of rotatable bonds is 7. The Balaban J connectivity index is 1.64. The van der Waals surface area contributed by atoms with E-state index in [1.807, 2.05) is 58.9 Å². The van der Waals surface area contributed by atoms with E-state index in [2.05, 4.69) is 10.3 Å². The molecule has 0 aliphatic rings. The van der Waals surface area contributed by atoms with Crippen molar-refractivity contribution in [1.82, 2.24) is 14.9 Å². The lowest BCUT2D eigenvalue weighted by Crippen LogP contribution is -2.29. The van der Waals surface area contributed by atoms with Crippen molar-refractivity contribution in [1.29, 1.82) is 0 Å². The zero-order valence-corrected chi connectivity index (χ0v) is 18.3. The Bertz CT molecular complexity index is 1080. The molecule has 2 aromatic heterocycles. The minimum absolute atomic E-state index is 0.0868. The summed E-state index contributed by atoms with van der Waals surface area (Å²) in [4.78, 5) is 31.4. The summed E-state index contributed by atoms with van der Waals surface area (Å²) in [5.74, 6) is 0.670. The molecule has 0 aliphatic heterocycles. The summed E-state index contributed by atoms with van der Waals surface area (Å²) < 4.78 is 7.23. The van der Waals surface area contributed by atoms with E-state index in [1.165, 1.54) is 22.2 Å². The van der Waals surface area contributed by atoms with Crippen LogP contribution in [0.3, 0.4) is 0 Å². The maximum absolute atomic E-state index is 12.7. The summed E-state index contributed by atoms with van der Waals surface area (Å²) in [6.07, 6.45) is 1.83. The van der Waals surface area contributed by atoms with Crippen molar-refractivity contribution >= 4 is 27.5 Å². The molecule has 7 heteroatoms. The van der Waals surface area contributed by atoms with E-state index in [0.29, 0.717) is 11.9 Å². The largest absolute Gasteiger partial charge is 0.491 e. The summed E-state index contributed by atoms with van der Waals surface area (Å²) in [7, 11) is 0. The van der Waals surface area contributed by atoms with Gasteiger partial charge >= 0.3 is 0 Å². The minimum Gasteiger partial charge on any atom is -0.491 e. The molecule has 6 nitrogen and oxygen atoms in total. The maximum Gasteiger partial charge on any atom is 0.262 e. The molecule has 1 atom stereocenters. The van der Waals surface area contributed by atoms with E-state index < -0.39 is 0 Å². The molecule has 0 aliphatic carbocycles. The van der Waals surface area contributed by atoms with E-state index in [4.69, 9.17) is 4.74 Å². The van der Waals surface area contributed by atoms with Crippen LogP contribution in [0.1, 0.15) is 49.2 Å². The fraction of sp³-hybridized carbons (Fsp3) is 0.409. The van der Waals surface area contributed by atoms with Crippen LogP contribution in [0.15, 0.2) is 35.4 Å².